The number of urea groups is 1. The molecule has 0 unspecified atom stereocenters. The quantitative estimate of drug-likeness (QED) is 0.894. The van der Waals surface area contributed by atoms with E-state index in [0.29, 0.717) is 18.5 Å². The Morgan fingerprint density at radius 2 is 1.96 bits per heavy atom. The van der Waals surface area contributed by atoms with E-state index in [9.17, 15) is 4.79 Å². The first kappa shape index (κ1) is 18.6. The minimum atomic E-state index is -0.0220. The van der Waals surface area contributed by atoms with Gasteiger partial charge >= 0.3 is 6.03 Å². The van der Waals surface area contributed by atoms with Crippen molar-refractivity contribution in [2.45, 2.75) is 39.3 Å². The Morgan fingerprint density at radius 3 is 2.69 bits per heavy atom. The lowest BCUT2D eigenvalue weighted by Crippen LogP contribution is -2.43. The van der Waals surface area contributed by atoms with Gasteiger partial charge in [0.25, 0.3) is 0 Å². The van der Waals surface area contributed by atoms with Gasteiger partial charge in [0.05, 0.1) is 17.8 Å². The number of fused-ring (bicyclic) bond motifs is 1. The molecule has 5 heteroatoms. The third-order valence-corrected chi connectivity index (χ3v) is 5.32. The Bertz CT molecular complexity index is 738. The third-order valence-electron chi connectivity index (χ3n) is 5.32. The molecule has 0 bridgehead atoms. The van der Waals surface area contributed by atoms with Crippen molar-refractivity contribution < 1.29 is 4.79 Å². The molecule has 2 aromatic rings. The summed E-state index contributed by atoms with van der Waals surface area (Å²) >= 11 is 0. The average molecular weight is 354 g/mol. The molecule has 5 nitrogen and oxygen atoms in total. The molecule has 0 radical (unpaired) electrons. The van der Waals surface area contributed by atoms with E-state index in [1.54, 1.807) is 4.90 Å². The van der Waals surface area contributed by atoms with Gasteiger partial charge in [0.15, 0.2) is 0 Å². The van der Waals surface area contributed by atoms with E-state index in [1.165, 1.54) is 0 Å². The molecule has 1 N–H and O–H groups in total. The molecule has 1 aromatic carbocycles. The number of carbonyl (C=O) groups is 1. The number of nitrogens with zero attached hydrogens (tertiary/aromatic N) is 3. The van der Waals surface area contributed by atoms with Crippen LogP contribution in [0.3, 0.4) is 0 Å². The van der Waals surface area contributed by atoms with Gasteiger partial charge in [0.1, 0.15) is 0 Å². The lowest BCUT2D eigenvalue weighted by Gasteiger charge is -2.34. The van der Waals surface area contributed by atoms with Gasteiger partial charge in [-0.15, -0.1) is 0 Å². The molecule has 140 valence electrons. The maximum Gasteiger partial charge on any atom is 0.317 e. The highest BCUT2D eigenvalue weighted by Gasteiger charge is 2.21. The van der Waals surface area contributed by atoms with Crippen LogP contribution in [0.4, 0.5) is 4.79 Å². The van der Waals surface area contributed by atoms with Gasteiger partial charge in [-0.2, -0.15) is 0 Å². The molecule has 0 aliphatic carbocycles. The van der Waals surface area contributed by atoms with Crippen molar-refractivity contribution in [1.29, 1.82) is 0 Å². The summed E-state index contributed by atoms with van der Waals surface area (Å²) < 4.78 is 0. The van der Waals surface area contributed by atoms with Crippen molar-refractivity contribution >= 4 is 16.9 Å². The summed E-state index contributed by atoms with van der Waals surface area (Å²) in [7, 11) is 1.83. The summed E-state index contributed by atoms with van der Waals surface area (Å²) in [6, 6.07) is 12.7. The SMILES string of the molecule is CC(C)N1CCC(CNC(=O)N(C)Cc2ccc3ccccc3n2)CC1. The molecule has 3 rings (SSSR count). The van der Waals surface area contributed by atoms with E-state index in [0.717, 1.165) is 49.1 Å². The number of nitrogens with one attached hydrogen (secondary N) is 1. The van der Waals surface area contributed by atoms with Crippen LogP contribution < -0.4 is 5.32 Å². The summed E-state index contributed by atoms with van der Waals surface area (Å²) in [6.07, 6.45) is 2.32. The molecule has 1 saturated heterocycles. The molecule has 1 aliphatic heterocycles. The van der Waals surface area contributed by atoms with Crippen LogP contribution in [0.15, 0.2) is 36.4 Å². The third kappa shape index (κ3) is 4.73. The fourth-order valence-corrected chi connectivity index (χ4v) is 3.55. The minimum absolute atomic E-state index is 0.0220. The summed E-state index contributed by atoms with van der Waals surface area (Å²) in [6.45, 7) is 8.04. The van der Waals surface area contributed by atoms with Crippen LogP contribution >= 0.6 is 0 Å². The zero-order chi connectivity index (χ0) is 18.5. The number of pyridine rings is 1. The fourth-order valence-electron chi connectivity index (χ4n) is 3.55. The van der Waals surface area contributed by atoms with Crippen LogP contribution in [0.1, 0.15) is 32.4 Å². The van der Waals surface area contributed by atoms with Gasteiger partial charge in [-0.3, -0.25) is 4.98 Å². The highest BCUT2D eigenvalue weighted by Crippen LogP contribution is 2.18. The Balaban J connectivity index is 1.47. The predicted octanol–water partition coefficient (Wildman–Crippen LogP) is 3.50. The normalized spacial score (nSPS) is 16.2. The van der Waals surface area contributed by atoms with Crippen molar-refractivity contribution in [1.82, 2.24) is 20.1 Å². The van der Waals surface area contributed by atoms with E-state index in [-0.39, 0.29) is 6.03 Å². The van der Waals surface area contributed by atoms with Crippen molar-refractivity contribution in [2.75, 3.05) is 26.7 Å². The number of aromatic nitrogens is 1. The van der Waals surface area contributed by atoms with E-state index >= 15 is 0 Å². The molecular formula is C21H30N4O. The van der Waals surface area contributed by atoms with Crippen LogP contribution in [-0.4, -0.2) is 53.5 Å². The lowest BCUT2D eigenvalue weighted by atomic mass is 9.96. The first-order valence-corrected chi connectivity index (χ1v) is 9.60. The second-order valence-corrected chi connectivity index (χ2v) is 7.61. The van der Waals surface area contributed by atoms with Crippen molar-refractivity contribution in [3.63, 3.8) is 0 Å². The average Bonchev–Trinajstić information content (AvgIpc) is 2.66. The molecule has 2 heterocycles. The van der Waals surface area contributed by atoms with Gasteiger partial charge in [-0.05, 0) is 57.8 Å². The van der Waals surface area contributed by atoms with Crippen LogP contribution in [0.25, 0.3) is 10.9 Å². The Kier molecular flexibility index (Phi) is 6.09. The second-order valence-electron chi connectivity index (χ2n) is 7.61. The Labute approximate surface area is 156 Å². The number of rotatable bonds is 5. The molecule has 1 aliphatic rings. The van der Waals surface area contributed by atoms with Crippen LogP contribution in [0.5, 0.6) is 0 Å². The van der Waals surface area contributed by atoms with Crippen molar-refractivity contribution in [2.24, 2.45) is 5.92 Å². The predicted molar refractivity (Wildman–Crippen MR) is 106 cm³/mol. The first-order valence-electron chi connectivity index (χ1n) is 9.60. The number of para-hydroxylation sites is 1. The monoisotopic (exact) mass is 354 g/mol. The van der Waals surface area contributed by atoms with Crippen molar-refractivity contribution in [3.05, 3.63) is 42.1 Å². The number of carbonyl (C=O) groups excluding carboxylic acids is 1. The van der Waals surface area contributed by atoms with Gasteiger partial charge in [0.2, 0.25) is 0 Å². The van der Waals surface area contributed by atoms with Crippen LogP contribution in [-0.2, 0) is 6.54 Å². The van der Waals surface area contributed by atoms with Gasteiger partial charge in [0, 0.05) is 25.0 Å². The summed E-state index contributed by atoms with van der Waals surface area (Å²) in [4.78, 5) is 21.3. The number of likely N-dealkylation sites (tertiary alicyclic amines) is 1. The molecule has 0 spiro atoms. The highest BCUT2D eigenvalue weighted by atomic mass is 16.2. The molecule has 2 amide bonds. The van der Waals surface area contributed by atoms with E-state index in [2.05, 4.69) is 35.1 Å². The lowest BCUT2D eigenvalue weighted by molar-refractivity contribution is 0.146. The zero-order valence-electron chi connectivity index (χ0n) is 16.1. The molecule has 1 aromatic heterocycles. The van der Waals surface area contributed by atoms with Gasteiger partial charge < -0.3 is 15.1 Å². The summed E-state index contributed by atoms with van der Waals surface area (Å²) in [5.74, 6) is 0.584. The Hall–Kier alpha value is -2.14. The largest absolute Gasteiger partial charge is 0.338 e. The topological polar surface area (TPSA) is 48.5 Å². The van der Waals surface area contributed by atoms with Gasteiger partial charge in [-0.1, -0.05) is 24.3 Å². The highest BCUT2D eigenvalue weighted by molar-refractivity contribution is 5.78. The molecule has 1 fully saturated rings. The number of hydrogen-bond acceptors (Lipinski definition) is 3. The Morgan fingerprint density at radius 1 is 1.23 bits per heavy atom. The molecular weight excluding hydrogens is 324 g/mol. The van der Waals surface area contributed by atoms with E-state index < -0.39 is 0 Å². The molecule has 0 saturated carbocycles. The maximum atomic E-state index is 12.4. The number of amides is 2. The standard InChI is InChI=1S/C21H30N4O/c1-16(2)25-12-10-17(11-13-25)14-22-21(26)24(3)15-19-9-8-18-6-4-5-7-20(18)23-19/h4-9,16-17H,10-15H2,1-3H3,(H,22,26). The minimum Gasteiger partial charge on any atom is -0.338 e. The van der Waals surface area contributed by atoms with Crippen LogP contribution in [0, 0.1) is 5.92 Å². The number of hydrogen-bond donors (Lipinski definition) is 1. The summed E-state index contributed by atoms with van der Waals surface area (Å²) in [5.41, 5.74) is 1.88. The van der Waals surface area contributed by atoms with Crippen molar-refractivity contribution in [3.8, 4) is 0 Å². The van der Waals surface area contributed by atoms with Gasteiger partial charge in [-0.25, -0.2) is 4.79 Å². The first-order chi connectivity index (χ1) is 12.5. The fraction of sp³-hybridized carbons (Fsp3) is 0.524. The van der Waals surface area contributed by atoms with E-state index in [4.69, 9.17) is 0 Å². The number of piperidine rings is 1. The van der Waals surface area contributed by atoms with Crippen LogP contribution in [0.2, 0.25) is 0 Å². The zero-order valence-corrected chi connectivity index (χ0v) is 16.1. The second kappa shape index (κ2) is 8.49. The van der Waals surface area contributed by atoms with E-state index in [1.807, 2.05) is 37.4 Å². The number of benzene rings is 1. The molecule has 26 heavy (non-hydrogen) atoms. The smallest absolute Gasteiger partial charge is 0.317 e. The maximum absolute atomic E-state index is 12.4. The summed E-state index contributed by atoms with van der Waals surface area (Å²) in [5, 5.41) is 4.22. The molecule has 0 atom stereocenters.